The monoisotopic (exact) mass is 506 g/mol. The summed E-state index contributed by atoms with van der Waals surface area (Å²) in [7, 11) is 7.69. The van der Waals surface area contributed by atoms with E-state index in [-0.39, 0.29) is 17.1 Å². The van der Waals surface area contributed by atoms with Crippen molar-refractivity contribution in [1.29, 1.82) is 0 Å². The quantitative estimate of drug-likeness (QED) is 0.376. The Hall–Kier alpha value is -3.25. The Kier molecular flexibility index (Phi) is 7.98. The summed E-state index contributed by atoms with van der Waals surface area (Å²) in [6.07, 6.45) is 2.86. The number of nitrogens with zero attached hydrogens (tertiary/aromatic N) is 2. The minimum absolute atomic E-state index is 0.200. The number of phenols is 1. The van der Waals surface area contributed by atoms with Crippen LogP contribution in [0.3, 0.4) is 0 Å². The smallest absolute Gasteiger partial charge is 0.165 e. The number of anilines is 1. The molecule has 1 N–H and O–H groups in total. The zero-order chi connectivity index (χ0) is 26.7. The summed E-state index contributed by atoms with van der Waals surface area (Å²) < 4.78 is 26.3. The van der Waals surface area contributed by atoms with Crippen molar-refractivity contribution in [2.45, 2.75) is 51.1 Å². The lowest BCUT2D eigenvalue weighted by atomic mass is 9.79. The Morgan fingerprint density at radius 3 is 2.49 bits per heavy atom. The average molecular weight is 507 g/mol. The van der Waals surface area contributed by atoms with Crippen molar-refractivity contribution in [1.82, 2.24) is 4.90 Å². The van der Waals surface area contributed by atoms with E-state index in [1.165, 1.54) is 16.7 Å². The maximum atomic E-state index is 14.9. The number of likely N-dealkylation sites (N-methyl/N-ethyl adjacent to an activating group) is 1. The molecule has 37 heavy (non-hydrogen) atoms. The van der Waals surface area contributed by atoms with Crippen LogP contribution in [-0.4, -0.2) is 50.4 Å². The average Bonchev–Trinajstić information content (AvgIpc) is 2.87. The fraction of sp³-hybridized carbons (Fsp3) is 0.419. The fourth-order valence-electron chi connectivity index (χ4n) is 4.84. The molecule has 0 aliphatic heterocycles. The van der Waals surface area contributed by atoms with Crippen molar-refractivity contribution in [3.05, 3.63) is 82.7 Å². The lowest BCUT2D eigenvalue weighted by Crippen LogP contribution is -2.43. The second-order valence-electron chi connectivity index (χ2n) is 10.9. The maximum Gasteiger partial charge on any atom is 0.165 e. The van der Waals surface area contributed by atoms with Gasteiger partial charge in [0.2, 0.25) is 0 Å². The molecule has 6 heteroatoms. The zero-order valence-corrected chi connectivity index (χ0v) is 22.8. The van der Waals surface area contributed by atoms with E-state index < -0.39 is 0 Å². The molecule has 1 aliphatic rings. The van der Waals surface area contributed by atoms with E-state index in [9.17, 15) is 9.50 Å². The number of benzene rings is 3. The lowest BCUT2D eigenvalue weighted by Gasteiger charge is -2.32. The van der Waals surface area contributed by atoms with Crippen LogP contribution in [0, 0.1) is 5.82 Å². The van der Waals surface area contributed by atoms with Gasteiger partial charge in [-0.2, -0.15) is 0 Å². The second kappa shape index (κ2) is 11.0. The summed E-state index contributed by atoms with van der Waals surface area (Å²) in [5.41, 5.74) is 5.53. The molecule has 1 aliphatic carbocycles. The van der Waals surface area contributed by atoms with Crippen LogP contribution in [0.25, 0.3) is 0 Å². The van der Waals surface area contributed by atoms with Crippen LogP contribution < -0.4 is 14.4 Å². The molecule has 0 radical (unpaired) electrons. The number of rotatable bonds is 9. The fourth-order valence-corrected chi connectivity index (χ4v) is 4.84. The topological polar surface area (TPSA) is 45.2 Å². The van der Waals surface area contributed by atoms with Crippen molar-refractivity contribution >= 4 is 5.69 Å². The number of ether oxygens (including phenoxy) is 2. The van der Waals surface area contributed by atoms with E-state index in [2.05, 4.69) is 35.8 Å². The highest BCUT2D eigenvalue weighted by molar-refractivity contribution is 5.59. The third kappa shape index (κ3) is 6.19. The SMILES string of the molecule is COc1ccc([C@@H]2CCc3cc(O)ccc3C2)c(N(C)Cc2ccc(OCC(C)(C)N(C)C)c(F)c2)c1. The lowest BCUT2D eigenvalue weighted by molar-refractivity contribution is 0.111. The molecule has 0 amide bonds. The predicted molar refractivity (Wildman–Crippen MR) is 148 cm³/mol. The number of hydrogen-bond donors (Lipinski definition) is 1. The van der Waals surface area contributed by atoms with Crippen LogP contribution in [0.5, 0.6) is 17.2 Å². The normalized spacial score (nSPS) is 15.4. The molecule has 0 aromatic heterocycles. The van der Waals surface area contributed by atoms with Gasteiger partial charge >= 0.3 is 0 Å². The Labute approximate surface area is 220 Å². The van der Waals surface area contributed by atoms with Crippen LogP contribution in [0.15, 0.2) is 54.6 Å². The van der Waals surface area contributed by atoms with Gasteiger partial charge in [0.15, 0.2) is 11.6 Å². The summed E-state index contributed by atoms with van der Waals surface area (Å²) in [5.74, 6) is 1.40. The van der Waals surface area contributed by atoms with Crippen LogP contribution in [0.2, 0.25) is 0 Å². The number of aryl methyl sites for hydroxylation is 1. The Balaban J connectivity index is 1.53. The molecule has 0 unspecified atom stereocenters. The van der Waals surface area contributed by atoms with Gasteiger partial charge in [0.25, 0.3) is 0 Å². The Morgan fingerprint density at radius 2 is 1.78 bits per heavy atom. The van der Waals surface area contributed by atoms with Crippen LogP contribution in [-0.2, 0) is 19.4 Å². The van der Waals surface area contributed by atoms with E-state index in [1.54, 1.807) is 25.3 Å². The molecule has 0 bridgehead atoms. The van der Waals surface area contributed by atoms with E-state index in [1.807, 2.05) is 45.4 Å². The minimum atomic E-state index is -0.349. The first-order valence-electron chi connectivity index (χ1n) is 12.9. The molecule has 1 atom stereocenters. The minimum Gasteiger partial charge on any atom is -0.508 e. The molecule has 0 spiro atoms. The van der Waals surface area contributed by atoms with Gasteiger partial charge in [0, 0.05) is 30.9 Å². The van der Waals surface area contributed by atoms with Gasteiger partial charge < -0.3 is 24.4 Å². The molecule has 198 valence electrons. The maximum absolute atomic E-state index is 14.9. The zero-order valence-electron chi connectivity index (χ0n) is 22.8. The van der Waals surface area contributed by atoms with Gasteiger partial charge in [-0.25, -0.2) is 4.39 Å². The molecule has 0 saturated carbocycles. The van der Waals surface area contributed by atoms with Crippen molar-refractivity contribution in [2.75, 3.05) is 39.8 Å². The first-order chi connectivity index (χ1) is 17.6. The number of phenolic OH excluding ortho intramolecular Hbond substituents is 1. The van der Waals surface area contributed by atoms with E-state index in [4.69, 9.17) is 9.47 Å². The highest BCUT2D eigenvalue weighted by Crippen LogP contribution is 2.40. The van der Waals surface area contributed by atoms with Gasteiger partial charge in [-0.15, -0.1) is 0 Å². The molecule has 4 rings (SSSR count). The largest absolute Gasteiger partial charge is 0.508 e. The number of methoxy groups -OCH3 is 1. The molecule has 0 saturated heterocycles. The van der Waals surface area contributed by atoms with Crippen LogP contribution in [0.1, 0.15) is 48.4 Å². The highest BCUT2D eigenvalue weighted by atomic mass is 19.1. The van der Waals surface area contributed by atoms with Gasteiger partial charge in [-0.1, -0.05) is 18.2 Å². The number of hydrogen-bond acceptors (Lipinski definition) is 5. The molecule has 0 heterocycles. The summed E-state index contributed by atoms with van der Waals surface area (Å²) in [4.78, 5) is 4.23. The molecular formula is C31H39FN2O3. The van der Waals surface area contributed by atoms with Gasteiger partial charge in [0.05, 0.1) is 7.11 Å². The summed E-state index contributed by atoms with van der Waals surface area (Å²) in [5, 5.41) is 9.85. The van der Waals surface area contributed by atoms with E-state index in [0.29, 0.717) is 24.8 Å². The Morgan fingerprint density at radius 1 is 1.00 bits per heavy atom. The summed E-state index contributed by atoms with van der Waals surface area (Å²) >= 11 is 0. The molecule has 0 fully saturated rings. The van der Waals surface area contributed by atoms with Crippen molar-refractivity contribution in [3.63, 3.8) is 0 Å². The van der Waals surface area contributed by atoms with Gasteiger partial charge in [-0.05, 0) is 106 Å². The highest BCUT2D eigenvalue weighted by Gasteiger charge is 2.25. The van der Waals surface area contributed by atoms with E-state index >= 15 is 0 Å². The number of aromatic hydroxyl groups is 1. The molecular weight excluding hydrogens is 467 g/mol. The number of fused-ring (bicyclic) bond motifs is 1. The first kappa shape index (κ1) is 26.8. The van der Waals surface area contributed by atoms with Crippen molar-refractivity contribution in [3.8, 4) is 17.2 Å². The summed E-state index contributed by atoms with van der Waals surface area (Å²) in [6.45, 7) is 5.08. The second-order valence-corrected chi connectivity index (χ2v) is 10.9. The first-order valence-corrected chi connectivity index (χ1v) is 12.9. The van der Waals surface area contributed by atoms with Crippen molar-refractivity contribution in [2.24, 2.45) is 0 Å². The molecule has 3 aromatic rings. The third-order valence-electron chi connectivity index (χ3n) is 7.71. The van der Waals surface area contributed by atoms with Gasteiger partial charge in [-0.3, -0.25) is 0 Å². The van der Waals surface area contributed by atoms with Crippen molar-refractivity contribution < 1.29 is 19.0 Å². The standard InChI is InChI=1S/C31H39FN2O3/c1-31(2,33(3)4)20-37-30-14-7-21(15-28(30)32)19-34(5)29-18-26(36-6)12-13-27(29)24-9-8-23-17-25(35)11-10-22(23)16-24/h7,10-15,17-18,24,35H,8-9,16,19-20H2,1-6H3/t24-/m1/s1. The van der Waals surface area contributed by atoms with Crippen LogP contribution in [0.4, 0.5) is 10.1 Å². The Bertz CT molecular complexity index is 1240. The molecule has 3 aromatic carbocycles. The van der Waals surface area contributed by atoms with Gasteiger partial charge in [0.1, 0.15) is 18.1 Å². The molecule has 5 nitrogen and oxygen atoms in total. The number of halogens is 1. The summed E-state index contributed by atoms with van der Waals surface area (Å²) in [6, 6.07) is 17.2. The third-order valence-corrected chi connectivity index (χ3v) is 7.71. The van der Waals surface area contributed by atoms with E-state index in [0.717, 1.165) is 36.3 Å². The van der Waals surface area contributed by atoms with Crippen LogP contribution >= 0.6 is 0 Å². The predicted octanol–water partition coefficient (Wildman–Crippen LogP) is 6.17.